The lowest BCUT2D eigenvalue weighted by atomic mass is 10.1. The summed E-state index contributed by atoms with van der Waals surface area (Å²) in [7, 11) is 0. The molecule has 0 radical (unpaired) electrons. The van der Waals surface area contributed by atoms with Gasteiger partial charge in [0.05, 0.1) is 11.3 Å². The summed E-state index contributed by atoms with van der Waals surface area (Å²) in [4.78, 5) is 12.6. The van der Waals surface area contributed by atoms with Gasteiger partial charge >= 0.3 is 6.61 Å². The van der Waals surface area contributed by atoms with Crippen molar-refractivity contribution in [1.29, 1.82) is 0 Å². The van der Waals surface area contributed by atoms with E-state index < -0.39 is 6.61 Å². The van der Waals surface area contributed by atoms with E-state index in [2.05, 4.69) is 20.7 Å². The predicted octanol–water partition coefficient (Wildman–Crippen LogP) is 3.51. The van der Waals surface area contributed by atoms with Crippen LogP contribution in [-0.2, 0) is 0 Å². The van der Waals surface area contributed by atoms with Crippen molar-refractivity contribution in [2.24, 2.45) is 0 Å². The fourth-order valence-corrected chi connectivity index (χ4v) is 2.90. The van der Waals surface area contributed by atoms with Crippen LogP contribution in [0.2, 0.25) is 0 Å². The quantitative estimate of drug-likeness (QED) is 0.737. The number of rotatable bonds is 6. The molecular weight excluding hydrogens is 340 g/mol. The number of halogens is 2. The van der Waals surface area contributed by atoms with Crippen LogP contribution in [0.3, 0.4) is 0 Å². The van der Waals surface area contributed by atoms with Gasteiger partial charge in [0.15, 0.2) is 0 Å². The minimum atomic E-state index is -2.85. The highest BCUT2D eigenvalue weighted by Crippen LogP contribution is 2.24. The van der Waals surface area contributed by atoms with Gasteiger partial charge in [0.25, 0.3) is 5.91 Å². The maximum atomic E-state index is 12.6. The van der Waals surface area contributed by atoms with Crippen LogP contribution in [0.4, 0.5) is 20.2 Å². The van der Waals surface area contributed by atoms with Crippen LogP contribution in [0, 0.1) is 0 Å². The summed E-state index contributed by atoms with van der Waals surface area (Å²) in [6.45, 7) is -1.10. The Balaban J connectivity index is 1.69. The fourth-order valence-electron chi connectivity index (χ4n) is 2.90. The highest BCUT2D eigenvalue weighted by atomic mass is 19.3. The molecule has 26 heavy (non-hydrogen) atoms. The Morgan fingerprint density at radius 3 is 2.62 bits per heavy atom. The molecule has 3 N–H and O–H groups in total. The molecule has 0 aliphatic carbocycles. The molecule has 2 aromatic rings. The van der Waals surface area contributed by atoms with Crippen LogP contribution >= 0.6 is 0 Å². The molecule has 3 rings (SSSR count). The van der Waals surface area contributed by atoms with E-state index in [-0.39, 0.29) is 17.7 Å². The van der Waals surface area contributed by atoms with E-state index in [9.17, 15) is 13.6 Å². The van der Waals surface area contributed by atoms with Crippen LogP contribution in [-0.4, -0.2) is 31.7 Å². The molecule has 7 heteroatoms. The zero-order valence-electron chi connectivity index (χ0n) is 14.2. The summed E-state index contributed by atoms with van der Waals surface area (Å²) < 4.78 is 28.8. The van der Waals surface area contributed by atoms with Gasteiger partial charge in [0, 0.05) is 18.3 Å². The third-order valence-corrected chi connectivity index (χ3v) is 4.16. The largest absolute Gasteiger partial charge is 0.435 e. The van der Waals surface area contributed by atoms with Gasteiger partial charge in [-0.2, -0.15) is 8.78 Å². The summed E-state index contributed by atoms with van der Waals surface area (Å²) >= 11 is 0. The summed E-state index contributed by atoms with van der Waals surface area (Å²) in [5.41, 5.74) is 1.86. The van der Waals surface area contributed by atoms with E-state index in [4.69, 9.17) is 0 Å². The molecule has 0 spiro atoms. The minimum Gasteiger partial charge on any atom is -0.435 e. The molecule has 138 valence electrons. The van der Waals surface area contributed by atoms with E-state index in [1.807, 2.05) is 6.07 Å². The predicted molar refractivity (Wildman–Crippen MR) is 96.2 cm³/mol. The molecule has 0 aromatic heterocycles. The standard InChI is InChI=1S/C19H21F2N3O2/c20-19(21)26-15-9-7-13(8-10-15)23-17-6-2-1-5-16(17)18(25)24-14-4-3-11-22-12-14/h1-2,5-10,14,19,22-23H,3-4,11-12H2,(H,24,25)/t14-/m0/s1. The van der Waals surface area contributed by atoms with Gasteiger partial charge in [0.2, 0.25) is 0 Å². The Morgan fingerprint density at radius 2 is 1.92 bits per heavy atom. The maximum Gasteiger partial charge on any atom is 0.387 e. The number of piperidine rings is 1. The van der Waals surface area contributed by atoms with Crippen molar-refractivity contribution in [3.8, 4) is 5.75 Å². The maximum absolute atomic E-state index is 12.6. The number of carbonyl (C=O) groups is 1. The van der Waals surface area contributed by atoms with E-state index in [1.54, 1.807) is 30.3 Å². The molecule has 0 saturated carbocycles. The fraction of sp³-hybridized carbons (Fsp3) is 0.316. The lowest BCUT2D eigenvalue weighted by Crippen LogP contribution is -2.45. The topological polar surface area (TPSA) is 62.4 Å². The van der Waals surface area contributed by atoms with Crippen LogP contribution in [0.1, 0.15) is 23.2 Å². The number of ether oxygens (including phenoxy) is 1. The van der Waals surface area contributed by atoms with Gasteiger partial charge in [0.1, 0.15) is 5.75 Å². The van der Waals surface area contributed by atoms with E-state index in [1.165, 1.54) is 12.1 Å². The Labute approximate surface area is 150 Å². The molecule has 2 aromatic carbocycles. The van der Waals surface area contributed by atoms with E-state index >= 15 is 0 Å². The van der Waals surface area contributed by atoms with Crippen molar-refractivity contribution in [3.63, 3.8) is 0 Å². The molecule has 1 saturated heterocycles. The number of nitrogens with one attached hydrogen (secondary N) is 3. The Morgan fingerprint density at radius 1 is 1.15 bits per heavy atom. The van der Waals surface area contributed by atoms with Crippen LogP contribution < -0.4 is 20.7 Å². The molecule has 5 nitrogen and oxygen atoms in total. The summed E-state index contributed by atoms with van der Waals surface area (Å²) in [6, 6.07) is 13.5. The van der Waals surface area contributed by atoms with Crippen molar-refractivity contribution in [1.82, 2.24) is 10.6 Å². The first-order chi connectivity index (χ1) is 12.6. The highest BCUT2D eigenvalue weighted by molar-refractivity contribution is 6.00. The first kappa shape index (κ1) is 18.1. The molecule has 1 amide bonds. The molecule has 1 fully saturated rings. The lowest BCUT2D eigenvalue weighted by molar-refractivity contribution is -0.0498. The van der Waals surface area contributed by atoms with Crippen molar-refractivity contribution in [3.05, 3.63) is 54.1 Å². The van der Waals surface area contributed by atoms with Crippen molar-refractivity contribution in [2.75, 3.05) is 18.4 Å². The number of hydrogen-bond acceptors (Lipinski definition) is 4. The highest BCUT2D eigenvalue weighted by Gasteiger charge is 2.18. The molecular formula is C19H21F2N3O2. The number of benzene rings is 2. The van der Waals surface area contributed by atoms with Crippen molar-refractivity contribution in [2.45, 2.75) is 25.5 Å². The van der Waals surface area contributed by atoms with Crippen molar-refractivity contribution < 1.29 is 18.3 Å². The summed E-state index contributed by atoms with van der Waals surface area (Å²) in [5, 5.41) is 9.47. The monoisotopic (exact) mass is 361 g/mol. The molecule has 0 bridgehead atoms. The smallest absolute Gasteiger partial charge is 0.387 e. The zero-order chi connectivity index (χ0) is 18.4. The average molecular weight is 361 g/mol. The number of para-hydroxylation sites is 1. The first-order valence-corrected chi connectivity index (χ1v) is 8.54. The van der Waals surface area contributed by atoms with Crippen LogP contribution in [0.15, 0.2) is 48.5 Å². The van der Waals surface area contributed by atoms with E-state index in [0.717, 1.165) is 25.9 Å². The average Bonchev–Trinajstić information content (AvgIpc) is 2.64. The van der Waals surface area contributed by atoms with Gasteiger partial charge in [-0.25, -0.2) is 0 Å². The van der Waals surface area contributed by atoms with Gasteiger partial charge < -0.3 is 20.7 Å². The zero-order valence-corrected chi connectivity index (χ0v) is 14.2. The minimum absolute atomic E-state index is 0.0846. The number of hydrogen-bond donors (Lipinski definition) is 3. The molecule has 1 heterocycles. The Kier molecular flexibility index (Phi) is 6.01. The number of amides is 1. The summed E-state index contributed by atoms with van der Waals surface area (Å²) in [5.74, 6) is -0.0548. The van der Waals surface area contributed by atoms with Crippen molar-refractivity contribution >= 4 is 17.3 Å². The van der Waals surface area contributed by atoms with Gasteiger partial charge in [-0.3, -0.25) is 4.79 Å². The Hall–Kier alpha value is -2.67. The van der Waals surface area contributed by atoms with Gasteiger partial charge in [-0.1, -0.05) is 12.1 Å². The molecule has 1 aliphatic rings. The third-order valence-electron chi connectivity index (χ3n) is 4.16. The normalized spacial score (nSPS) is 17.0. The summed E-state index contributed by atoms with van der Waals surface area (Å²) in [6.07, 6.45) is 2.00. The van der Waals surface area contributed by atoms with E-state index in [0.29, 0.717) is 16.9 Å². The molecule has 1 aliphatic heterocycles. The van der Waals surface area contributed by atoms with Crippen LogP contribution in [0.5, 0.6) is 5.75 Å². The number of alkyl halides is 2. The second kappa shape index (κ2) is 8.62. The number of carbonyl (C=O) groups excluding carboxylic acids is 1. The second-order valence-electron chi connectivity index (χ2n) is 6.09. The lowest BCUT2D eigenvalue weighted by Gasteiger charge is -2.24. The first-order valence-electron chi connectivity index (χ1n) is 8.54. The number of anilines is 2. The third kappa shape index (κ3) is 4.92. The van der Waals surface area contributed by atoms with Gasteiger partial charge in [-0.05, 0) is 55.8 Å². The molecule has 0 unspecified atom stereocenters. The van der Waals surface area contributed by atoms with Gasteiger partial charge in [-0.15, -0.1) is 0 Å². The SMILES string of the molecule is O=C(N[C@H]1CCCNC1)c1ccccc1Nc1ccc(OC(F)F)cc1. The Bertz CT molecular complexity index is 732. The van der Waals surface area contributed by atoms with Crippen LogP contribution in [0.25, 0.3) is 0 Å². The second-order valence-corrected chi connectivity index (χ2v) is 6.09. The molecule has 1 atom stereocenters.